The molecule has 132 valence electrons. The molecule has 0 saturated carbocycles. The van der Waals surface area contributed by atoms with Crippen LogP contribution in [0.5, 0.6) is 0 Å². The van der Waals surface area contributed by atoms with Crippen molar-refractivity contribution in [2.45, 2.75) is 52.7 Å². The Bertz CT molecular complexity index is 796. The number of carbonyl (C=O) groups excluding carboxylic acids is 2. The molecule has 25 heavy (non-hydrogen) atoms. The van der Waals surface area contributed by atoms with E-state index in [2.05, 4.69) is 10.4 Å². The number of benzene rings is 1. The van der Waals surface area contributed by atoms with Crippen LogP contribution in [0.2, 0.25) is 0 Å². The van der Waals surface area contributed by atoms with Crippen molar-refractivity contribution in [3.63, 3.8) is 0 Å². The second-order valence-electron chi connectivity index (χ2n) is 6.51. The lowest BCUT2D eigenvalue weighted by molar-refractivity contribution is -0.127. The average molecular weight is 340 g/mol. The fraction of sp³-hybridized carbons (Fsp3) is 0.421. The molecule has 2 amide bonds. The van der Waals surface area contributed by atoms with E-state index in [-0.39, 0.29) is 11.8 Å². The van der Waals surface area contributed by atoms with Crippen molar-refractivity contribution < 1.29 is 9.59 Å². The minimum atomic E-state index is -0.521. The van der Waals surface area contributed by atoms with Crippen LogP contribution in [0.15, 0.2) is 30.3 Å². The number of amides is 2. The lowest BCUT2D eigenvalue weighted by Crippen LogP contribution is -2.52. The van der Waals surface area contributed by atoms with Crippen LogP contribution in [0.1, 0.15) is 36.6 Å². The van der Waals surface area contributed by atoms with Crippen molar-refractivity contribution in [1.29, 1.82) is 0 Å². The summed E-state index contributed by atoms with van der Waals surface area (Å²) in [4.78, 5) is 26.9. The maximum Gasteiger partial charge on any atom is 0.243 e. The summed E-state index contributed by atoms with van der Waals surface area (Å²) in [5.74, 6) is 0.556. The zero-order chi connectivity index (χ0) is 18.0. The van der Waals surface area contributed by atoms with Gasteiger partial charge in [-0.1, -0.05) is 36.8 Å². The minimum Gasteiger partial charge on any atom is -0.350 e. The minimum absolute atomic E-state index is 0.0232. The molecule has 3 rings (SSSR count). The topological polar surface area (TPSA) is 67.2 Å². The number of hydrogen-bond acceptors (Lipinski definition) is 3. The van der Waals surface area contributed by atoms with Gasteiger partial charge in [0.1, 0.15) is 11.9 Å². The molecule has 0 spiro atoms. The molecule has 0 bridgehead atoms. The average Bonchev–Trinajstić information content (AvgIpc) is 2.96. The molecule has 2 heterocycles. The fourth-order valence-electron chi connectivity index (χ4n) is 3.29. The Balaban J connectivity index is 1.77. The second kappa shape index (κ2) is 7.09. The zero-order valence-electron chi connectivity index (χ0n) is 15.0. The van der Waals surface area contributed by atoms with E-state index < -0.39 is 6.04 Å². The van der Waals surface area contributed by atoms with E-state index in [1.54, 1.807) is 4.90 Å². The summed E-state index contributed by atoms with van der Waals surface area (Å²) in [6.07, 6.45) is 0.922. The van der Waals surface area contributed by atoms with Crippen LogP contribution in [0.25, 0.3) is 0 Å². The molecular weight excluding hydrogens is 316 g/mol. The number of hydrogen-bond donors (Lipinski definition) is 1. The van der Waals surface area contributed by atoms with E-state index in [1.807, 2.05) is 55.8 Å². The van der Waals surface area contributed by atoms with E-state index in [0.29, 0.717) is 31.7 Å². The van der Waals surface area contributed by atoms with Crippen molar-refractivity contribution in [3.8, 4) is 0 Å². The largest absolute Gasteiger partial charge is 0.350 e. The Labute approximate surface area is 147 Å². The summed E-state index contributed by atoms with van der Waals surface area (Å²) in [5.41, 5.74) is 3.06. The van der Waals surface area contributed by atoms with Gasteiger partial charge >= 0.3 is 0 Å². The van der Waals surface area contributed by atoms with Crippen molar-refractivity contribution >= 4 is 17.6 Å². The van der Waals surface area contributed by atoms with Gasteiger partial charge in [0.25, 0.3) is 0 Å². The second-order valence-corrected chi connectivity index (χ2v) is 6.51. The van der Waals surface area contributed by atoms with Crippen LogP contribution < -0.4 is 10.2 Å². The third-order valence-corrected chi connectivity index (χ3v) is 4.48. The Hall–Kier alpha value is -2.63. The Morgan fingerprint density at radius 1 is 1.32 bits per heavy atom. The molecule has 1 aliphatic rings. The Kier molecular flexibility index (Phi) is 4.88. The molecule has 1 aromatic heterocycles. The van der Waals surface area contributed by atoms with Crippen LogP contribution in [0.3, 0.4) is 0 Å². The standard InChI is InChI=1S/C19H24N4O2/c1-4-16(19(25)20-12-15-7-5-6-13(2)10-15)23-17-11-14(3)21-22(17)9-8-18(23)24/h5-7,10-11,16H,4,8-9,12H2,1-3H3,(H,20,25). The van der Waals surface area contributed by atoms with Crippen LogP contribution >= 0.6 is 0 Å². The summed E-state index contributed by atoms with van der Waals surface area (Å²) < 4.78 is 1.81. The Morgan fingerprint density at radius 3 is 2.84 bits per heavy atom. The number of carbonyl (C=O) groups is 2. The van der Waals surface area contributed by atoms with Gasteiger partial charge < -0.3 is 5.32 Å². The highest BCUT2D eigenvalue weighted by atomic mass is 16.2. The third kappa shape index (κ3) is 3.57. The number of nitrogens with zero attached hydrogens (tertiary/aromatic N) is 3. The predicted molar refractivity (Wildman–Crippen MR) is 96.2 cm³/mol. The number of nitrogens with one attached hydrogen (secondary N) is 1. The zero-order valence-corrected chi connectivity index (χ0v) is 15.0. The summed E-state index contributed by atoms with van der Waals surface area (Å²) in [5, 5.41) is 7.38. The van der Waals surface area contributed by atoms with Gasteiger partial charge in [0.05, 0.1) is 12.2 Å². The quantitative estimate of drug-likeness (QED) is 0.908. The van der Waals surface area contributed by atoms with Gasteiger partial charge in [-0.2, -0.15) is 5.10 Å². The van der Waals surface area contributed by atoms with E-state index in [1.165, 1.54) is 0 Å². The number of rotatable bonds is 5. The first-order chi connectivity index (χ1) is 12.0. The van der Waals surface area contributed by atoms with Crippen LogP contribution in [-0.2, 0) is 22.7 Å². The van der Waals surface area contributed by atoms with Gasteiger partial charge in [0.15, 0.2) is 0 Å². The molecule has 1 aliphatic heterocycles. The molecular formula is C19H24N4O2. The van der Waals surface area contributed by atoms with Gasteiger partial charge in [0.2, 0.25) is 11.8 Å². The molecule has 6 nitrogen and oxygen atoms in total. The third-order valence-electron chi connectivity index (χ3n) is 4.48. The molecule has 1 N–H and O–H groups in total. The number of fused-ring (bicyclic) bond motifs is 1. The number of aromatic nitrogens is 2. The molecule has 1 unspecified atom stereocenters. The summed E-state index contributed by atoms with van der Waals surface area (Å²) in [7, 11) is 0. The maximum atomic E-state index is 12.8. The van der Waals surface area contributed by atoms with E-state index in [4.69, 9.17) is 0 Å². The SMILES string of the molecule is CCC(C(=O)NCc1cccc(C)c1)N1C(=O)CCn2nc(C)cc21. The van der Waals surface area contributed by atoms with Gasteiger partial charge in [-0.15, -0.1) is 0 Å². The van der Waals surface area contributed by atoms with E-state index in [0.717, 1.165) is 16.8 Å². The molecule has 0 saturated heterocycles. The molecule has 6 heteroatoms. The van der Waals surface area contributed by atoms with Crippen molar-refractivity contribution in [2.75, 3.05) is 4.90 Å². The number of anilines is 1. The normalized spacial score (nSPS) is 15.0. The van der Waals surface area contributed by atoms with Crippen molar-refractivity contribution in [1.82, 2.24) is 15.1 Å². The van der Waals surface area contributed by atoms with Gasteiger partial charge in [0, 0.05) is 19.0 Å². The fourth-order valence-corrected chi connectivity index (χ4v) is 3.29. The van der Waals surface area contributed by atoms with Gasteiger partial charge in [-0.05, 0) is 25.8 Å². The van der Waals surface area contributed by atoms with Crippen LogP contribution in [0, 0.1) is 13.8 Å². The van der Waals surface area contributed by atoms with Crippen LogP contribution in [0.4, 0.5) is 5.82 Å². The molecule has 2 aromatic rings. The van der Waals surface area contributed by atoms with Crippen LogP contribution in [-0.4, -0.2) is 27.6 Å². The summed E-state index contributed by atoms with van der Waals surface area (Å²) in [6.45, 7) is 6.87. The van der Waals surface area contributed by atoms with E-state index >= 15 is 0 Å². The molecule has 1 atom stereocenters. The smallest absolute Gasteiger partial charge is 0.243 e. The molecule has 0 radical (unpaired) electrons. The molecule has 1 aromatic carbocycles. The molecule has 0 fully saturated rings. The maximum absolute atomic E-state index is 12.8. The highest BCUT2D eigenvalue weighted by Crippen LogP contribution is 2.26. The first-order valence-corrected chi connectivity index (χ1v) is 8.69. The van der Waals surface area contributed by atoms with E-state index in [9.17, 15) is 9.59 Å². The summed E-state index contributed by atoms with van der Waals surface area (Å²) >= 11 is 0. The van der Waals surface area contributed by atoms with Gasteiger partial charge in [-0.3, -0.25) is 14.5 Å². The van der Waals surface area contributed by atoms with Crippen molar-refractivity contribution in [2.24, 2.45) is 0 Å². The first-order valence-electron chi connectivity index (χ1n) is 8.69. The lowest BCUT2D eigenvalue weighted by atomic mass is 10.1. The molecule has 0 aliphatic carbocycles. The monoisotopic (exact) mass is 340 g/mol. The summed E-state index contributed by atoms with van der Waals surface area (Å²) in [6, 6.07) is 9.38. The lowest BCUT2D eigenvalue weighted by Gasteiger charge is -2.33. The first kappa shape index (κ1) is 17.2. The highest BCUT2D eigenvalue weighted by molar-refractivity contribution is 6.00. The van der Waals surface area contributed by atoms with Crippen molar-refractivity contribution in [3.05, 3.63) is 47.2 Å². The predicted octanol–water partition coefficient (Wildman–Crippen LogP) is 2.33. The van der Waals surface area contributed by atoms with Gasteiger partial charge in [-0.25, -0.2) is 4.68 Å². The number of aryl methyl sites for hydroxylation is 3. The Morgan fingerprint density at radius 2 is 2.12 bits per heavy atom. The highest BCUT2D eigenvalue weighted by Gasteiger charge is 2.34.